The van der Waals surface area contributed by atoms with E-state index in [1.54, 1.807) is 7.11 Å². The first-order chi connectivity index (χ1) is 10.2. The van der Waals surface area contributed by atoms with Gasteiger partial charge in [0.15, 0.2) is 0 Å². The summed E-state index contributed by atoms with van der Waals surface area (Å²) in [4.78, 5) is 2.44. The van der Waals surface area contributed by atoms with Crippen molar-refractivity contribution in [2.75, 3.05) is 33.4 Å². The summed E-state index contributed by atoms with van der Waals surface area (Å²) in [6, 6.07) is 8.31. The van der Waals surface area contributed by atoms with E-state index in [1.165, 1.54) is 5.56 Å². The highest BCUT2D eigenvalue weighted by molar-refractivity contribution is 5.27. The van der Waals surface area contributed by atoms with E-state index < -0.39 is 0 Å². The van der Waals surface area contributed by atoms with Crippen LogP contribution in [0.4, 0.5) is 0 Å². The van der Waals surface area contributed by atoms with E-state index in [0.29, 0.717) is 6.10 Å². The third kappa shape index (κ3) is 3.39. The fourth-order valence-electron chi connectivity index (χ4n) is 3.45. The monoisotopic (exact) mass is 291 g/mol. The normalized spacial score (nSPS) is 24.8. The van der Waals surface area contributed by atoms with Crippen LogP contribution < -0.4 is 4.74 Å². The van der Waals surface area contributed by atoms with E-state index in [-0.39, 0.29) is 5.60 Å². The van der Waals surface area contributed by atoms with Gasteiger partial charge >= 0.3 is 0 Å². The van der Waals surface area contributed by atoms with Crippen molar-refractivity contribution in [1.82, 2.24) is 4.90 Å². The average Bonchev–Trinajstić information content (AvgIpc) is 2.47. The highest BCUT2D eigenvalue weighted by Gasteiger charge is 2.47. The lowest BCUT2D eigenvalue weighted by atomic mass is 9.84. The minimum atomic E-state index is 0.0462. The van der Waals surface area contributed by atoms with E-state index in [0.717, 1.165) is 51.4 Å². The van der Waals surface area contributed by atoms with E-state index >= 15 is 0 Å². The van der Waals surface area contributed by atoms with Crippen molar-refractivity contribution in [2.45, 2.75) is 38.0 Å². The van der Waals surface area contributed by atoms with Crippen LogP contribution in [0.1, 0.15) is 25.3 Å². The van der Waals surface area contributed by atoms with Crippen LogP contribution in [-0.2, 0) is 16.0 Å². The second kappa shape index (κ2) is 6.34. The predicted octanol–water partition coefficient (Wildman–Crippen LogP) is 2.47. The molecule has 3 rings (SSSR count). The van der Waals surface area contributed by atoms with Gasteiger partial charge in [-0.25, -0.2) is 0 Å². The Morgan fingerprint density at radius 1 is 1.29 bits per heavy atom. The fraction of sp³-hybridized carbons (Fsp3) is 0.647. The van der Waals surface area contributed by atoms with E-state index in [4.69, 9.17) is 14.2 Å². The Kier molecular flexibility index (Phi) is 4.48. The van der Waals surface area contributed by atoms with Crippen molar-refractivity contribution >= 4 is 0 Å². The highest BCUT2D eigenvalue weighted by Crippen LogP contribution is 2.36. The third-order valence-electron chi connectivity index (χ3n) is 4.44. The lowest BCUT2D eigenvalue weighted by molar-refractivity contribution is -0.198. The summed E-state index contributed by atoms with van der Waals surface area (Å²) in [5, 5.41) is 0. The Balaban J connectivity index is 1.50. The molecule has 2 fully saturated rings. The molecular weight excluding hydrogens is 266 g/mol. The van der Waals surface area contributed by atoms with Crippen molar-refractivity contribution in [2.24, 2.45) is 0 Å². The van der Waals surface area contributed by atoms with E-state index in [1.807, 2.05) is 12.1 Å². The number of rotatable bonds is 5. The zero-order chi connectivity index (χ0) is 14.7. The molecule has 1 aromatic carbocycles. The summed E-state index contributed by atoms with van der Waals surface area (Å²) in [5.74, 6) is 0.911. The maximum Gasteiger partial charge on any atom is 0.118 e. The fourth-order valence-corrected chi connectivity index (χ4v) is 3.45. The molecule has 0 aliphatic carbocycles. The molecule has 2 aliphatic rings. The summed E-state index contributed by atoms with van der Waals surface area (Å²) in [6.45, 7) is 6.72. The Bertz CT molecular complexity index is 452. The maximum absolute atomic E-state index is 6.04. The van der Waals surface area contributed by atoms with Gasteiger partial charge in [-0.15, -0.1) is 0 Å². The van der Waals surface area contributed by atoms with Crippen LogP contribution in [0.25, 0.3) is 0 Å². The molecule has 1 atom stereocenters. The molecule has 1 spiro atoms. The van der Waals surface area contributed by atoms with Crippen LogP contribution in [0.3, 0.4) is 0 Å². The number of likely N-dealkylation sites (tertiary alicyclic amines) is 1. The highest BCUT2D eigenvalue weighted by atomic mass is 16.5. The molecule has 2 saturated heterocycles. The Hall–Kier alpha value is -1.10. The number of methoxy groups -OCH3 is 1. The number of ether oxygens (including phenoxy) is 3. The largest absolute Gasteiger partial charge is 0.497 e. The van der Waals surface area contributed by atoms with Crippen LogP contribution >= 0.6 is 0 Å². The molecule has 0 radical (unpaired) electrons. The Morgan fingerprint density at radius 3 is 2.71 bits per heavy atom. The Labute approximate surface area is 127 Å². The quantitative estimate of drug-likeness (QED) is 0.834. The number of hydrogen-bond donors (Lipinski definition) is 0. The molecule has 2 aliphatic heterocycles. The summed E-state index contributed by atoms with van der Waals surface area (Å²) in [7, 11) is 1.70. The topological polar surface area (TPSA) is 30.9 Å². The zero-order valence-electron chi connectivity index (χ0n) is 13.0. The molecule has 2 heterocycles. The first-order valence-corrected chi connectivity index (χ1v) is 7.84. The molecule has 116 valence electrons. The summed E-state index contributed by atoms with van der Waals surface area (Å²) in [5.41, 5.74) is 1.37. The van der Waals surface area contributed by atoms with Crippen LogP contribution in [0.2, 0.25) is 0 Å². The van der Waals surface area contributed by atoms with Gasteiger partial charge in [-0.05, 0) is 31.0 Å². The lowest BCUT2D eigenvalue weighted by Gasteiger charge is -2.53. The van der Waals surface area contributed by atoms with Gasteiger partial charge in [-0.3, -0.25) is 4.90 Å². The number of nitrogens with zero attached hydrogens (tertiary/aromatic N) is 1. The van der Waals surface area contributed by atoms with E-state index in [2.05, 4.69) is 24.0 Å². The van der Waals surface area contributed by atoms with Crippen molar-refractivity contribution in [3.05, 3.63) is 29.8 Å². The van der Waals surface area contributed by atoms with Gasteiger partial charge in [0.1, 0.15) is 5.75 Å². The second-order valence-electron chi connectivity index (χ2n) is 6.09. The summed E-state index contributed by atoms with van der Waals surface area (Å²) >= 11 is 0. The summed E-state index contributed by atoms with van der Waals surface area (Å²) in [6.07, 6.45) is 2.46. The maximum atomic E-state index is 6.04. The molecule has 0 aromatic heterocycles. The molecule has 0 unspecified atom stereocenters. The van der Waals surface area contributed by atoms with Crippen molar-refractivity contribution in [3.63, 3.8) is 0 Å². The van der Waals surface area contributed by atoms with Gasteiger partial charge in [0.2, 0.25) is 0 Å². The SMILES string of the molecule is CCO[C@@H]1CCOC2(C1)CN(Cc1ccc(OC)cc1)C2. The van der Waals surface area contributed by atoms with Crippen molar-refractivity contribution in [3.8, 4) is 5.75 Å². The molecule has 0 saturated carbocycles. The molecule has 1 aromatic rings. The first kappa shape index (κ1) is 14.8. The van der Waals surface area contributed by atoms with E-state index in [9.17, 15) is 0 Å². The molecule has 21 heavy (non-hydrogen) atoms. The van der Waals surface area contributed by atoms with Gasteiger partial charge < -0.3 is 14.2 Å². The lowest BCUT2D eigenvalue weighted by Crippen LogP contribution is -2.65. The number of benzene rings is 1. The van der Waals surface area contributed by atoms with Gasteiger partial charge in [0.25, 0.3) is 0 Å². The van der Waals surface area contributed by atoms with Gasteiger partial charge in [-0.2, -0.15) is 0 Å². The molecule has 4 heteroatoms. The van der Waals surface area contributed by atoms with Crippen LogP contribution in [0, 0.1) is 0 Å². The second-order valence-corrected chi connectivity index (χ2v) is 6.09. The third-order valence-corrected chi connectivity index (χ3v) is 4.44. The van der Waals surface area contributed by atoms with Crippen LogP contribution in [-0.4, -0.2) is 50.0 Å². The van der Waals surface area contributed by atoms with Gasteiger partial charge in [0.05, 0.1) is 18.8 Å². The smallest absolute Gasteiger partial charge is 0.118 e. The van der Waals surface area contributed by atoms with Gasteiger partial charge in [-0.1, -0.05) is 12.1 Å². The minimum Gasteiger partial charge on any atom is -0.497 e. The zero-order valence-corrected chi connectivity index (χ0v) is 13.0. The van der Waals surface area contributed by atoms with Crippen molar-refractivity contribution < 1.29 is 14.2 Å². The first-order valence-electron chi connectivity index (χ1n) is 7.84. The van der Waals surface area contributed by atoms with Crippen molar-refractivity contribution in [1.29, 1.82) is 0 Å². The molecule has 0 amide bonds. The number of hydrogen-bond acceptors (Lipinski definition) is 4. The van der Waals surface area contributed by atoms with Crippen LogP contribution in [0.5, 0.6) is 5.75 Å². The minimum absolute atomic E-state index is 0.0462. The van der Waals surface area contributed by atoms with Crippen LogP contribution in [0.15, 0.2) is 24.3 Å². The molecule has 4 nitrogen and oxygen atoms in total. The Morgan fingerprint density at radius 2 is 2.05 bits per heavy atom. The summed E-state index contributed by atoms with van der Waals surface area (Å²) < 4.78 is 17.0. The molecule has 0 bridgehead atoms. The molecule has 0 N–H and O–H groups in total. The molecular formula is C17H25NO3. The standard InChI is InChI=1S/C17H25NO3/c1-3-20-16-8-9-21-17(10-16)12-18(13-17)11-14-4-6-15(19-2)7-5-14/h4-7,16H,3,8-13H2,1-2H3/t16-/m1/s1. The van der Waals surface area contributed by atoms with Gasteiger partial charge in [0, 0.05) is 39.3 Å². The average molecular weight is 291 g/mol. The predicted molar refractivity (Wildman–Crippen MR) is 81.6 cm³/mol.